The lowest BCUT2D eigenvalue weighted by atomic mass is 10.1. The van der Waals surface area contributed by atoms with Gasteiger partial charge in [0.05, 0.1) is 4.92 Å². The maximum atomic E-state index is 12.3. The number of anilines is 1. The number of carbonyl (C=O) groups is 2. The van der Waals surface area contributed by atoms with Crippen molar-refractivity contribution < 1.29 is 24.4 Å². The molecule has 8 nitrogen and oxygen atoms in total. The molecule has 2 N–H and O–H groups in total. The highest BCUT2D eigenvalue weighted by atomic mass is 16.6. The molecule has 0 aliphatic carbocycles. The number of rotatable bonds is 8. The summed E-state index contributed by atoms with van der Waals surface area (Å²) in [7, 11) is 0. The molecule has 0 aliphatic rings. The summed E-state index contributed by atoms with van der Waals surface area (Å²) in [5, 5.41) is 23.8. The lowest BCUT2D eigenvalue weighted by Crippen LogP contribution is -2.45. The molecule has 0 bridgehead atoms. The minimum atomic E-state index is -1.84. The van der Waals surface area contributed by atoms with Gasteiger partial charge in [-0.3, -0.25) is 19.7 Å². The van der Waals surface area contributed by atoms with Crippen LogP contribution < -0.4 is 10.1 Å². The van der Waals surface area contributed by atoms with Crippen LogP contribution >= 0.6 is 0 Å². The summed E-state index contributed by atoms with van der Waals surface area (Å²) in [5.41, 5.74) is -0.615. The molecule has 0 saturated carbocycles. The van der Waals surface area contributed by atoms with Gasteiger partial charge in [0.1, 0.15) is 12.4 Å². The number of nitrogens with one attached hydrogen (secondary N) is 1. The van der Waals surface area contributed by atoms with Gasteiger partial charge in [0.25, 0.3) is 11.6 Å². The number of carbonyl (C=O) groups excluding carboxylic acids is 2. The second-order valence-electron chi connectivity index (χ2n) is 6.58. The van der Waals surface area contributed by atoms with Crippen LogP contribution in [0.1, 0.15) is 36.2 Å². The van der Waals surface area contributed by atoms with E-state index in [1.54, 1.807) is 38.1 Å². The Hall–Kier alpha value is -3.26. The van der Waals surface area contributed by atoms with Crippen molar-refractivity contribution in [2.75, 3.05) is 11.9 Å². The Morgan fingerprint density at radius 3 is 2.39 bits per heavy atom. The zero-order valence-electron chi connectivity index (χ0n) is 15.9. The Morgan fingerprint density at radius 2 is 1.86 bits per heavy atom. The van der Waals surface area contributed by atoms with Gasteiger partial charge in [-0.2, -0.15) is 0 Å². The van der Waals surface area contributed by atoms with Gasteiger partial charge in [0.2, 0.25) is 0 Å². The topological polar surface area (TPSA) is 119 Å². The number of ether oxygens (including phenoxy) is 1. The SMILES string of the molecule is CCC(=O)c1ccc(OCC(C)(O)C(=O)Nc2ccc([N+](=O)[O-])c(C)c2)cc1. The molecular formula is C20H22N2O6. The number of benzene rings is 2. The molecule has 0 saturated heterocycles. The van der Waals surface area contributed by atoms with Crippen LogP contribution in [-0.2, 0) is 4.79 Å². The number of nitrogens with zero attached hydrogens (tertiary/aromatic N) is 1. The molecular weight excluding hydrogens is 364 g/mol. The third-order valence-electron chi connectivity index (χ3n) is 4.16. The fraction of sp³-hybridized carbons (Fsp3) is 0.300. The van der Waals surface area contributed by atoms with Gasteiger partial charge in [-0.15, -0.1) is 0 Å². The van der Waals surface area contributed by atoms with Crippen molar-refractivity contribution in [3.63, 3.8) is 0 Å². The van der Waals surface area contributed by atoms with E-state index in [1.807, 2.05) is 0 Å². The van der Waals surface area contributed by atoms with Gasteiger partial charge in [-0.1, -0.05) is 6.92 Å². The van der Waals surface area contributed by atoms with Crippen LogP contribution in [-0.4, -0.2) is 33.9 Å². The standard InChI is InChI=1S/C20H22N2O6/c1-4-18(23)14-5-8-16(9-6-14)28-12-20(3,25)19(24)21-15-7-10-17(22(26)27)13(2)11-15/h5-11,25H,4,12H2,1-3H3,(H,21,24). The average Bonchev–Trinajstić information content (AvgIpc) is 2.66. The normalized spacial score (nSPS) is 12.7. The predicted octanol–water partition coefficient (Wildman–Crippen LogP) is 3.26. The fourth-order valence-electron chi connectivity index (χ4n) is 2.43. The molecule has 0 spiro atoms. The van der Waals surface area contributed by atoms with E-state index in [2.05, 4.69) is 5.32 Å². The van der Waals surface area contributed by atoms with E-state index < -0.39 is 16.4 Å². The molecule has 2 aromatic rings. The summed E-state index contributed by atoms with van der Waals surface area (Å²) in [6.45, 7) is 4.32. The lowest BCUT2D eigenvalue weighted by Gasteiger charge is -2.22. The molecule has 0 heterocycles. The van der Waals surface area contributed by atoms with Crippen LogP contribution in [0.3, 0.4) is 0 Å². The predicted molar refractivity (Wildman–Crippen MR) is 104 cm³/mol. The van der Waals surface area contributed by atoms with E-state index in [0.717, 1.165) is 0 Å². The average molecular weight is 386 g/mol. The first-order valence-electron chi connectivity index (χ1n) is 8.69. The van der Waals surface area contributed by atoms with E-state index in [-0.39, 0.29) is 18.1 Å². The van der Waals surface area contributed by atoms with Crippen molar-refractivity contribution in [3.8, 4) is 5.75 Å². The third-order valence-corrected chi connectivity index (χ3v) is 4.16. The number of aryl methyl sites for hydroxylation is 1. The van der Waals surface area contributed by atoms with Gasteiger partial charge in [-0.05, 0) is 50.2 Å². The lowest BCUT2D eigenvalue weighted by molar-refractivity contribution is -0.385. The third kappa shape index (κ3) is 5.14. The van der Waals surface area contributed by atoms with Crippen molar-refractivity contribution in [2.24, 2.45) is 0 Å². The Bertz CT molecular complexity index is 890. The number of aliphatic hydroxyl groups is 1. The first-order valence-corrected chi connectivity index (χ1v) is 8.69. The summed E-state index contributed by atoms with van der Waals surface area (Å²) >= 11 is 0. The molecule has 2 aromatic carbocycles. The van der Waals surface area contributed by atoms with E-state index in [1.165, 1.54) is 25.1 Å². The summed E-state index contributed by atoms with van der Waals surface area (Å²) in [6, 6.07) is 10.6. The molecule has 0 aliphatic heterocycles. The molecule has 2 rings (SSSR count). The Morgan fingerprint density at radius 1 is 1.21 bits per heavy atom. The fourth-order valence-corrected chi connectivity index (χ4v) is 2.43. The van der Waals surface area contributed by atoms with Crippen molar-refractivity contribution in [2.45, 2.75) is 32.8 Å². The van der Waals surface area contributed by atoms with Gasteiger partial charge < -0.3 is 15.2 Å². The smallest absolute Gasteiger partial charge is 0.272 e. The molecule has 0 radical (unpaired) electrons. The number of ketones is 1. The van der Waals surface area contributed by atoms with Crippen LogP contribution in [0, 0.1) is 17.0 Å². The molecule has 148 valence electrons. The van der Waals surface area contributed by atoms with Gasteiger partial charge in [-0.25, -0.2) is 0 Å². The highest BCUT2D eigenvalue weighted by Gasteiger charge is 2.31. The molecule has 1 unspecified atom stereocenters. The number of nitro groups is 1. The van der Waals surface area contributed by atoms with Crippen molar-refractivity contribution in [3.05, 3.63) is 63.7 Å². The van der Waals surface area contributed by atoms with Crippen LogP contribution in [0.5, 0.6) is 5.75 Å². The highest BCUT2D eigenvalue weighted by molar-refractivity contribution is 5.97. The summed E-state index contributed by atoms with van der Waals surface area (Å²) < 4.78 is 5.46. The minimum Gasteiger partial charge on any atom is -0.490 e. The molecule has 1 atom stereocenters. The van der Waals surface area contributed by atoms with Crippen LogP contribution in [0.4, 0.5) is 11.4 Å². The number of hydrogen-bond acceptors (Lipinski definition) is 6. The van der Waals surface area contributed by atoms with Crippen LogP contribution in [0.25, 0.3) is 0 Å². The van der Waals surface area contributed by atoms with Crippen LogP contribution in [0.2, 0.25) is 0 Å². The van der Waals surface area contributed by atoms with Crippen molar-refractivity contribution in [1.82, 2.24) is 0 Å². The molecule has 8 heteroatoms. The van der Waals surface area contributed by atoms with E-state index in [4.69, 9.17) is 4.74 Å². The Labute approximate surface area is 162 Å². The van der Waals surface area contributed by atoms with Gasteiger partial charge >= 0.3 is 0 Å². The van der Waals surface area contributed by atoms with Crippen molar-refractivity contribution in [1.29, 1.82) is 0 Å². The second-order valence-corrected chi connectivity index (χ2v) is 6.58. The summed E-state index contributed by atoms with van der Waals surface area (Å²) in [5.74, 6) is -0.290. The molecule has 0 fully saturated rings. The zero-order valence-corrected chi connectivity index (χ0v) is 15.9. The van der Waals surface area contributed by atoms with E-state index in [9.17, 15) is 24.8 Å². The molecule has 28 heavy (non-hydrogen) atoms. The zero-order chi connectivity index (χ0) is 20.9. The number of nitro benzene ring substituents is 1. The first kappa shape index (κ1) is 21.0. The quantitative estimate of drug-likeness (QED) is 0.408. The van der Waals surface area contributed by atoms with Crippen LogP contribution in [0.15, 0.2) is 42.5 Å². The Kier molecular flexibility index (Phi) is 6.48. The highest BCUT2D eigenvalue weighted by Crippen LogP contribution is 2.23. The Balaban J connectivity index is 1.99. The largest absolute Gasteiger partial charge is 0.490 e. The first-order chi connectivity index (χ1) is 13.1. The van der Waals surface area contributed by atoms with Crippen molar-refractivity contribution >= 4 is 23.1 Å². The minimum absolute atomic E-state index is 0.0105. The second kappa shape index (κ2) is 8.62. The summed E-state index contributed by atoms with van der Waals surface area (Å²) in [4.78, 5) is 34.3. The van der Waals surface area contributed by atoms with E-state index >= 15 is 0 Å². The van der Waals surface area contributed by atoms with Gasteiger partial charge in [0, 0.05) is 29.3 Å². The van der Waals surface area contributed by atoms with E-state index in [0.29, 0.717) is 29.0 Å². The maximum Gasteiger partial charge on any atom is 0.272 e. The van der Waals surface area contributed by atoms with Gasteiger partial charge in [0.15, 0.2) is 11.4 Å². The summed E-state index contributed by atoms with van der Waals surface area (Å²) in [6.07, 6.45) is 0.400. The number of hydrogen-bond donors (Lipinski definition) is 2. The maximum absolute atomic E-state index is 12.3. The molecule has 0 aromatic heterocycles. The number of amides is 1. The monoisotopic (exact) mass is 386 g/mol. The number of Topliss-reactive ketones (excluding diaryl/α,β-unsaturated/α-hetero) is 1. The molecule has 1 amide bonds.